The van der Waals surface area contributed by atoms with E-state index in [1.807, 2.05) is 0 Å². The third kappa shape index (κ3) is 10.7. The van der Waals surface area contributed by atoms with E-state index in [9.17, 15) is 0 Å². The van der Waals surface area contributed by atoms with Gasteiger partial charge in [0.05, 0.1) is 0 Å². The van der Waals surface area contributed by atoms with E-state index in [0.29, 0.717) is 5.92 Å². The molecule has 0 aromatic rings. The van der Waals surface area contributed by atoms with Gasteiger partial charge in [-0.3, -0.25) is 11.3 Å². The van der Waals surface area contributed by atoms with Gasteiger partial charge in [0.1, 0.15) is 0 Å². The predicted octanol–water partition coefficient (Wildman–Crippen LogP) is -0.719. The SMILES string of the molecule is CC(C)CNN.O. The summed E-state index contributed by atoms with van der Waals surface area (Å²) in [5.41, 5.74) is 2.57. The zero-order valence-corrected chi connectivity index (χ0v) is 4.86. The highest BCUT2D eigenvalue weighted by atomic mass is 16.0. The normalized spacial score (nSPS) is 8.57. The average molecular weight is 106 g/mol. The van der Waals surface area contributed by atoms with Gasteiger partial charge in [-0.15, -0.1) is 0 Å². The van der Waals surface area contributed by atoms with Crippen LogP contribution in [0.2, 0.25) is 0 Å². The largest absolute Gasteiger partial charge is 0.412 e. The van der Waals surface area contributed by atoms with Crippen LogP contribution in [-0.2, 0) is 0 Å². The predicted molar refractivity (Wildman–Crippen MR) is 30.6 cm³/mol. The van der Waals surface area contributed by atoms with Crippen molar-refractivity contribution in [3.05, 3.63) is 0 Å². The highest BCUT2D eigenvalue weighted by Gasteiger charge is 1.84. The van der Waals surface area contributed by atoms with E-state index >= 15 is 0 Å². The molecule has 0 spiro atoms. The van der Waals surface area contributed by atoms with Gasteiger partial charge in [0.2, 0.25) is 0 Å². The van der Waals surface area contributed by atoms with Crippen molar-refractivity contribution < 1.29 is 5.48 Å². The molecule has 5 N–H and O–H groups in total. The van der Waals surface area contributed by atoms with Crippen LogP contribution in [0.25, 0.3) is 0 Å². The fourth-order valence-electron chi connectivity index (χ4n) is 0.236. The Hall–Kier alpha value is -0.120. The number of rotatable bonds is 2. The van der Waals surface area contributed by atoms with Crippen molar-refractivity contribution in [2.45, 2.75) is 13.8 Å². The summed E-state index contributed by atoms with van der Waals surface area (Å²) < 4.78 is 0. The molecule has 0 aromatic carbocycles. The highest BCUT2D eigenvalue weighted by molar-refractivity contribution is 4.41. The van der Waals surface area contributed by atoms with Gasteiger partial charge in [0.15, 0.2) is 0 Å². The molecule has 0 radical (unpaired) electrons. The summed E-state index contributed by atoms with van der Waals surface area (Å²) >= 11 is 0. The van der Waals surface area contributed by atoms with Crippen LogP contribution < -0.4 is 11.3 Å². The van der Waals surface area contributed by atoms with Gasteiger partial charge < -0.3 is 5.48 Å². The zero-order valence-electron chi connectivity index (χ0n) is 4.86. The lowest BCUT2D eigenvalue weighted by atomic mass is 10.2. The van der Waals surface area contributed by atoms with Crippen LogP contribution in [-0.4, -0.2) is 12.0 Å². The molecule has 0 saturated heterocycles. The molecule has 0 unspecified atom stereocenters. The van der Waals surface area contributed by atoms with Crippen LogP contribution in [0.1, 0.15) is 13.8 Å². The summed E-state index contributed by atoms with van der Waals surface area (Å²) in [6, 6.07) is 0. The zero-order chi connectivity index (χ0) is 4.99. The molecule has 0 aromatic heterocycles. The van der Waals surface area contributed by atoms with Gasteiger partial charge in [-0.25, -0.2) is 0 Å². The van der Waals surface area contributed by atoms with E-state index < -0.39 is 0 Å². The maximum absolute atomic E-state index is 4.98. The Morgan fingerprint density at radius 2 is 2.00 bits per heavy atom. The van der Waals surface area contributed by atoms with Crippen LogP contribution in [0.15, 0.2) is 0 Å². The van der Waals surface area contributed by atoms with Gasteiger partial charge in [0.25, 0.3) is 0 Å². The Morgan fingerprint density at radius 1 is 1.57 bits per heavy atom. The molecule has 0 aliphatic carbocycles. The van der Waals surface area contributed by atoms with E-state index in [-0.39, 0.29) is 5.48 Å². The molecule has 0 fully saturated rings. The summed E-state index contributed by atoms with van der Waals surface area (Å²) in [6.07, 6.45) is 0. The lowest BCUT2D eigenvalue weighted by molar-refractivity contribution is 0.568. The monoisotopic (exact) mass is 106 g/mol. The molecule has 3 heteroatoms. The van der Waals surface area contributed by atoms with Gasteiger partial charge in [-0.2, -0.15) is 0 Å². The van der Waals surface area contributed by atoms with Crippen molar-refractivity contribution in [2.75, 3.05) is 6.54 Å². The molecule has 0 atom stereocenters. The smallest absolute Gasteiger partial charge is 0.0120 e. The quantitative estimate of drug-likeness (QED) is 0.360. The summed E-state index contributed by atoms with van der Waals surface area (Å²) in [4.78, 5) is 0. The van der Waals surface area contributed by atoms with Crippen LogP contribution in [0.3, 0.4) is 0 Å². The Balaban J connectivity index is 0. The summed E-state index contributed by atoms with van der Waals surface area (Å²) in [6.45, 7) is 5.12. The molecule has 0 aliphatic heterocycles. The van der Waals surface area contributed by atoms with Gasteiger partial charge in [-0.1, -0.05) is 13.8 Å². The fourth-order valence-corrected chi connectivity index (χ4v) is 0.236. The molecule has 0 heterocycles. The second-order valence-corrected chi connectivity index (χ2v) is 1.80. The third-order valence-corrected chi connectivity index (χ3v) is 0.526. The summed E-state index contributed by atoms with van der Waals surface area (Å²) in [5, 5.41) is 0. The molecule has 0 bridgehead atoms. The van der Waals surface area contributed by atoms with E-state index in [0.717, 1.165) is 6.54 Å². The van der Waals surface area contributed by atoms with Crippen LogP contribution in [0, 0.1) is 5.92 Å². The second-order valence-electron chi connectivity index (χ2n) is 1.80. The van der Waals surface area contributed by atoms with E-state index in [1.165, 1.54) is 0 Å². The maximum Gasteiger partial charge on any atom is 0.0120 e. The Bertz CT molecular complexity index is 30.9. The Labute approximate surface area is 44.2 Å². The van der Waals surface area contributed by atoms with Crippen molar-refractivity contribution in [3.8, 4) is 0 Å². The summed E-state index contributed by atoms with van der Waals surface area (Å²) in [7, 11) is 0. The molecular formula is C4H14N2O. The molecule has 0 aliphatic rings. The Morgan fingerprint density at radius 3 is 2.00 bits per heavy atom. The second kappa shape index (κ2) is 5.88. The summed E-state index contributed by atoms with van der Waals surface area (Å²) in [5.74, 6) is 5.64. The van der Waals surface area contributed by atoms with Crippen molar-refractivity contribution in [1.29, 1.82) is 0 Å². The molecule has 3 nitrogen and oxygen atoms in total. The van der Waals surface area contributed by atoms with Crippen molar-refractivity contribution in [3.63, 3.8) is 0 Å². The fraction of sp³-hybridized carbons (Fsp3) is 1.00. The molecule has 0 amide bonds. The van der Waals surface area contributed by atoms with Gasteiger partial charge in [0, 0.05) is 6.54 Å². The van der Waals surface area contributed by atoms with Crippen LogP contribution >= 0.6 is 0 Å². The van der Waals surface area contributed by atoms with Crippen molar-refractivity contribution in [1.82, 2.24) is 5.43 Å². The van der Waals surface area contributed by atoms with Gasteiger partial charge >= 0.3 is 0 Å². The van der Waals surface area contributed by atoms with Crippen LogP contribution in [0.4, 0.5) is 0 Å². The van der Waals surface area contributed by atoms with E-state index in [2.05, 4.69) is 19.3 Å². The van der Waals surface area contributed by atoms with Crippen molar-refractivity contribution >= 4 is 0 Å². The maximum atomic E-state index is 4.98. The molecular weight excluding hydrogens is 92.1 g/mol. The standard InChI is InChI=1S/C4H12N2.H2O/c1-4(2)3-6-5;/h4,6H,3,5H2,1-2H3;1H2. The topological polar surface area (TPSA) is 69.5 Å². The first-order chi connectivity index (χ1) is 2.77. The van der Waals surface area contributed by atoms with Crippen LogP contribution in [0.5, 0.6) is 0 Å². The number of hydrazine groups is 1. The molecule has 46 valence electrons. The van der Waals surface area contributed by atoms with Crippen molar-refractivity contribution in [2.24, 2.45) is 11.8 Å². The lowest BCUT2D eigenvalue weighted by Crippen LogP contribution is -2.26. The first kappa shape index (κ1) is 9.99. The molecule has 0 saturated carbocycles. The molecule has 7 heavy (non-hydrogen) atoms. The van der Waals surface area contributed by atoms with E-state index in [4.69, 9.17) is 5.84 Å². The third-order valence-electron chi connectivity index (χ3n) is 0.526. The minimum atomic E-state index is 0. The van der Waals surface area contributed by atoms with Gasteiger partial charge in [-0.05, 0) is 5.92 Å². The first-order valence-corrected chi connectivity index (χ1v) is 2.21. The lowest BCUT2D eigenvalue weighted by Gasteiger charge is -1.98. The Kier molecular flexibility index (Phi) is 8.39. The number of nitrogens with one attached hydrogen (secondary N) is 1. The van der Waals surface area contributed by atoms with E-state index in [1.54, 1.807) is 0 Å². The first-order valence-electron chi connectivity index (χ1n) is 2.21. The minimum Gasteiger partial charge on any atom is -0.412 e. The molecule has 0 rings (SSSR count). The average Bonchev–Trinajstić information content (AvgIpc) is 1.35. The highest BCUT2D eigenvalue weighted by Crippen LogP contribution is 1.83. The number of hydrogen-bond donors (Lipinski definition) is 2. The number of nitrogens with two attached hydrogens (primary N) is 1. The number of hydrogen-bond acceptors (Lipinski definition) is 2. The minimum absolute atomic E-state index is 0.